The summed E-state index contributed by atoms with van der Waals surface area (Å²) in [6.07, 6.45) is -2.09. The van der Waals surface area contributed by atoms with Crippen molar-refractivity contribution in [2.45, 2.75) is 6.18 Å². The van der Waals surface area contributed by atoms with Gasteiger partial charge in [0, 0.05) is 11.6 Å². The molecule has 0 aliphatic heterocycles. The summed E-state index contributed by atoms with van der Waals surface area (Å²) in [5.74, 6) is -0.663. The molecule has 2 N–H and O–H groups in total. The van der Waals surface area contributed by atoms with Gasteiger partial charge < -0.3 is 10.5 Å². The molecule has 0 saturated carbocycles. The number of carbonyl (C=O) groups excluding carboxylic acids is 1. The van der Waals surface area contributed by atoms with E-state index in [4.69, 9.17) is 10.5 Å². The lowest BCUT2D eigenvalue weighted by Crippen LogP contribution is -2.06. The molecular formula is C11H10F3NO2. The predicted molar refractivity (Wildman–Crippen MR) is 56.2 cm³/mol. The fourth-order valence-electron chi connectivity index (χ4n) is 1.20. The van der Waals surface area contributed by atoms with Crippen molar-refractivity contribution >= 4 is 12.0 Å². The topological polar surface area (TPSA) is 52.3 Å². The molecule has 1 aromatic carbocycles. The summed E-state index contributed by atoms with van der Waals surface area (Å²) >= 11 is 0. The standard InChI is InChI=1S/C11H10F3NO2/c1-17-9-6-8(11(12,13)14)4-2-7(9)3-5-10(15)16/h2-6H,1H3,(H2,15,16). The van der Waals surface area contributed by atoms with Gasteiger partial charge in [0.1, 0.15) is 5.75 Å². The van der Waals surface area contributed by atoms with E-state index in [1.165, 1.54) is 19.3 Å². The van der Waals surface area contributed by atoms with Crippen LogP contribution in [0.3, 0.4) is 0 Å². The van der Waals surface area contributed by atoms with E-state index in [0.29, 0.717) is 5.56 Å². The van der Waals surface area contributed by atoms with Crippen molar-refractivity contribution in [1.29, 1.82) is 0 Å². The summed E-state index contributed by atoms with van der Waals surface area (Å²) in [6.45, 7) is 0. The van der Waals surface area contributed by atoms with Crippen LogP contribution in [0, 0.1) is 0 Å². The van der Waals surface area contributed by atoms with Crippen LogP contribution in [-0.2, 0) is 11.0 Å². The normalized spacial score (nSPS) is 11.8. The Hall–Kier alpha value is -1.98. The highest BCUT2D eigenvalue weighted by atomic mass is 19.4. The van der Waals surface area contributed by atoms with E-state index in [0.717, 1.165) is 18.2 Å². The lowest BCUT2D eigenvalue weighted by molar-refractivity contribution is -0.137. The van der Waals surface area contributed by atoms with Crippen LogP contribution in [-0.4, -0.2) is 13.0 Å². The molecule has 0 unspecified atom stereocenters. The van der Waals surface area contributed by atoms with Gasteiger partial charge in [0.05, 0.1) is 12.7 Å². The molecule has 0 aliphatic carbocycles. The molecule has 17 heavy (non-hydrogen) atoms. The zero-order chi connectivity index (χ0) is 13.1. The van der Waals surface area contributed by atoms with Crippen LogP contribution in [0.15, 0.2) is 24.3 Å². The maximum Gasteiger partial charge on any atom is 0.416 e. The molecule has 1 rings (SSSR count). The molecule has 0 bridgehead atoms. The number of nitrogens with two attached hydrogens (primary N) is 1. The Bertz CT molecular complexity index is 453. The van der Waals surface area contributed by atoms with Crippen LogP contribution >= 0.6 is 0 Å². The molecule has 0 aliphatic rings. The number of amides is 1. The maximum absolute atomic E-state index is 12.4. The molecule has 0 heterocycles. The van der Waals surface area contributed by atoms with Gasteiger partial charge in [-0.2, -0.15) is 13.2 Å². The van der Waals surface area contributed by atoms with Crippen molar-refractivity contribution < 1.29 is 22.7 Å². The van der Waals surface area contributed by atoms with Gasteiger partial charge in [0.15, 0.2) is 0 Å². The van der Waals surface area contributed by atoms with Gasteiger partial charge in [-0.1, -0.05) is 6.07 Å². The zero-order valence-electron chi connectivity index (χ0n) is 8.91. The van der Waals surface area contributed by atoms with E-state index < -0.39 is 17.6 Å². The zero-order valence-corrected chi connectivity index (χ0v) is 8.91. The predicted octanol–water partition coefficient (Wildman–Crippen LogP) is 2.21. The average Bonchev–Trinajstić information content (AvgIpc) is 2.24. The minimum absolute atomic E-state index is 0.0253. The largest absolute Gasteiger partial charge is 0.496 e. The first-order chi connectivity index (χ1) is 7.84. The van der Waals surface area contributed by atoms with Gasteiger partial charge in [0.2, 0.25) is 5.91 Å². The lowest BCUT2D eigenvalue weighted by atomic mass is 10.1. The maximum atomic E-state index is 12.4. The Labute approximate surface area is 95.7 Å². The van der Waals surface area contributed by atoms with Crippen LogP contribution in [0.2, 0.25) is 0 Å². The molecule has 0 spiro atoms. The molecule has 6 heteroatoms. The molecule has 0 fully saturated rings. The number of primary amides is 1. The number of benzene rings is 1. The highest BCUT2D eigenvalue weighted by molar-refractivity contribution is 5.90. The van der Waals surface area contributed by atoms with Crippen molar-refractivity contribution in [3.63, 3.8) is 0 Å². The van der Waals surface area contributed by atoms with Gasteiger partial charge in [-0.15, -0.1) is 0 Å². The van der Waals surface area contributed by atoms with E-state index in [1.807, 2.05) is 0 Å². The summed E-state index contributed by atoms with van der Waals surface area (Å²) in [7, 11) is 1.25. The molecule has 0 atom stereocenters. The molecule has 0 aromatic heterocycles. The number of alkyl halides is 3. The van der Waals surface area contributed by atoms with E-state index in [1.54, 1.807) is 0 Å². The van der Waals surface area contributed by atoms with Crippen LogP contribution in [0.25, 0.3) is 6.08 Å². The summed E-state index contributed by atoms with van der Waals surface area (Å²) in [5, 5.41) is 0. The van der Waals surface area contributed by atoms with Gasteiger partial charge in [-0.05, 0) is 18.2 Å². The van der Waals surface area contributed by atoms with Crippen molar-refractivity contribution in [1.82, 2.24) is 0 Å². The summed E-state index contributed by atoms with van der Waals surface area (Å²) in [4.78, 5) is 10.5. The number of halogens is 3. The van der Waals surface area contributed by atoms with E-state index >= 15 is 0 Å². The van der Waals surface area contributed by atoms with Crippen molar-refractivity contribution in [3.8, 4) is 5.75 Å². The van der Waals surface area contributed by atoms with Crippen molar-refractivity contribution in [2.24, 2.45) is 5.73 Å². The molecule has 1 aromatic rings. The number of rotatable bonds is 3. The second-order valence-electron chi connectivity index (χ2n) is 3.19. The number of hydrogen-bond donors (Lipinski definition) is 1. The number of ether oxygens (including phenoxy) is 1. The Morgan fingerprint density at radius 3 is 2.53 bits per heavy atom. The Balaban J connectivity index is 3.14. The molecule has 0 saturated heterocycles. The first-order valence-corrected chi connectivity index (χ1v) is 4.57. The first-order valence-electron chi connectivity index (χ1n) is 4.57. The second-order valence-corrected chi connectivity index (χ2v) is 3.19. The minimum Gasteiger partial charge on any atom is -0.496 e. The highest BCUT2D eigenvalue weighted by Gasteiger charge is 2.31. The highest BCUT2D eigenvalue weighted by Crippen LogP contribution is 2.33. The molecule has 92 valence electrons. The van der Waals surface area contributed by atoms with Crippen molar-refractivity contribution in [3.05, 3.63) is 35.4 Å². The Kier molecular flexibility index (Phi) is 3.77. The van der Waals surface area contributed by atoms with Crippen LogP contribution in [0.1, 0.15) is 11.1 Å². The lowest BCUT2D eigenvalue weighted by Gasteiger charge is -2.10. The quantitative estimate of drug-likeness (QED) is 0.830. The number of carbonyl (C=O) groups is 1. The summed E-state index contributed by atoms with van der Waals surface area (Å²) in [5.41, 5.74) is 4.42. The average molecular weight is 245 g/mol. The van der Waals surface area contributed by atoms with Crippen molar-refractivity contribution in [2.75, 3.05) is 7.11 Å². The van der Waals surface area contributed by atoms with E-state index in [2.05, 4.69) is 0 Å². The molecule has 0 radical (unpaired) electrons. The smallest absolute Gasteiger partial charge is 0.416 e. The van der Waals surface area contributed by atoms with Gasteiger partial charge in [-0.3, -0.25) is 4.79 Å². The van der Waals surface area contributed by atoms with E-state index in [9.17, 15) is 18.0 Å². The van der Waals surface area contributed by atoms with Crippen LogP contribution < -0.4 is 10.5 Å². The van der Waals surface area contributed by atoms with Crippen LogP contribution in [0.4, 0.5) is 13.2 Å². The first kappa shape index (κ1) is 13.1. The second kappa shape index (κ2) is 4.90. The Morgan fingerprint density at radius 1 is 1.41 bits per heavy atom. The fourth-order valence-corrected chi connectivity index (χ4v) is 1.20. The third kappa shape index (κ3) is 3.51. The van der Waals surface area contributed by atoms with Gasteiger partial charge in [-0.25, -0.2) is 0 Å². The fraction of sp³-hybridized carbons (Fsp3) is 0.182. The molecular weight excluding hydrogens is 235 g/mol. The Morgan fingerprint density at radius 2 is 2.06 bits per heavy atom. The van der Waals surface area contributed by atoms with Gasteiger partial charge >= 0.3 is 6.18 Å². The SMILES string of the molecule is COc1cc(C(F)(F)F)ccc1C=CC(N)=O. The third-order valence-corrected chi connectivity index (χ3v) is 1.99. The minimum atomic E-state index is -4.43. The summed E-state index contributed by atoms with van der Waals surface area (Å²) < 4.78 is 42.0. The number of methoxy groups -OCH3 is 1. The van der Waals surface area contributed by atoms with Crippen LogP contribution in [0.5, 0.6) is 5.75 Å². The molecule has 3 nitrogen and oxygen atoms in total. The molecule has 1 amide bonds. The monoisotopic (exact) mass is 245 g/mol. The number of hydrogen-bond acceptors (Lipinski definition) is 2. The summed E-state index contributed by atoms with van der Waals surface area (Å²) in [6, 6.07) is 2.98. The third-order valence-electron chi connectivity index (χ3n) is 1.99. The van der Waals surface area contributed by atoms with E-state index in [-0.39, 0.29) is 5.75 Å². The van der Waals surface area contributed by atoms with Gasteiger partial charge in [0.25, 0.3) is 0 Å².